The first-order valence-corrected chi connectivity index (χ1v) is 3.83. The lowest BCUT2D eigenvalue weighted by Gasteiger charge is -2.03. The van der Waals surface area contributed by atoms with E-state index >= 15 is 0 Å². The van der Waals surface area contributed by atoms with E-state index in [1.165, 1.54) is 0 Å². The standard InChI is InChI=1S/C10H9NO/c1-11-7-9(12)6-8-4-2-3-5-10(8)11/h2-7H,1H3. The molecule has 0 aliphatic carbocycles. The van der Waals surface area contributed by atoms with Gasteiger partial charge in [0.15, 0.2) is 6.20 Å². The molecule has 2 nitrogen and oxygen atoms in total. The zero-order valence-corrected chi connectivity index (χ0v) is 6.82. The summed E-state index contributed by atoms with van der Waals surface area (Å²) in [5, 5.41) is 12.1. The number of para-hydroxylation sites is 1. The van der Waals surface area contributed by atoms with Crippen molar-refractivity contribution in [2.45, 2.75) is 0 Å². The lowest BCUT2D eigenvalue weighted by molar-refractivity contribution is -0.647. The predicted octanol–water partition coefficient (Wildman–Crippen LogP) is 0.738. The largest absolute Gasteiger partial charge is 0.868 e. The molecule has 0 fully saturated rings. The van der Waals surface area contributed by atoms with Crippen LogP contribution in [-0.4, -0.2) is 0 Å². The van der Waals surface area contributed by atoms with Gasteiger partial charge in [-0.2, -0.15) is 0 Å². The molecule has 12 heavy (non-hydrogen) atoms. The molecule has 0 atom stereocenters. The molecular weight excluding hydrogens is 150 g/mol. The molecule has 0 unspecified atom stereocenters. The lowest BCUT2D eigenvalue weighted by Crippen LogP contribution is -2.28. The van der Waals surface area contributed by atoms with Crippen LogP contribution in [0.1, 0.15) is 0 Å². The van der Waals surface area contributed by atoms with E-state index in [1.807, 2.05) is 35.9 Å². The topological polar surface area (TPSA) is 26.9 Å². The van der Waals surface area contributed by atoms with Crippen molar-refractivity contribution < 1.29 is 9.67 Å². The predicted molar refractivity (Wildman–Crippen MR) is 44.6 cm³/mol. The first-order valence-electron chi connectivity index (χ1n) is 3.83. The molecule has 0 aliphatic heterocycles. The number of nitrogens with zero attached hydrogens (tertiary/aromatic N) is 1. The van der Waals surface area contributed by atoms with Gasteiger partial charge in [-0.15, -0.1) is 0 Å². The Morgan fingerprint density at radius 3 is 2.83 bits per heavy atom. The molecule has 2 rings (SSSR count). The van der Waals surface area contributed by atoms with Crippen LogP contribution in [0.3, 0.4) is 0 Å². The van der Waals surface area contributed by atoms with Crippen molar-refractivity contribution in [2.75, 3.05) is 0 Å². The lowest BCUT2D eigenvalue weighted by atomic mass is 10.2. The van der Waals surface area contributed by atoms with E-state index < -0.39 is 0 Å². The number of aromatic nitrogens is 1. The molecule has 1 aromatic heterocycles. The molecule has 0 saturated carbocycles. The molecule has 60 valence electrons. The normalized spacial score (nSPS) is 10.4. The van der Waals surface area contributed by atoms with E-state index in [9.17, 15) is 5.11 Å². The highest BCUT2D eigenvalue weighted by Gasteiger charge is 2.01. The van der Waals surface area contributed by atoms with E-state index in [0.29, 0.717) is 0 Å². The van der Waals surface area contributed by atoms with Gasteiger partial charge in [0.2, 0.25) is 5.52 Å². The van der Waals surface area contributed by atoms with Gasteiger partial charge < -0.3 is 5.11 Å². The van der Waals surface area contributed by atoms with Crippen molar-refractivity contribution in [3.8, 4) is 5.75 Å². The van der Waals surface area contributed by atoms with E-state index in [-0.39, 0.29) is 5.75 Å². The Balaban J connectivity index is 2.89. The van der Waals surface area contributed by atoms with Crippen LogP contribution in [0.5, 0.6) is 5.75 Å². The third-order valence-corrected chi connectivity index (χ3v) is 1.94. The van der Waals surface area contributed by atoms with Crippen LogP contribution in [0.25, 0.3) is 10.9 Å². The van der Waals surface area contributed by atoms with Crippen molar-refractivity contribution >= 4 is 10.9 Å². The summed E-state index contributed by atoms with van der Waals surface area (Å²) in [6.07, 6.45) is 1.59. The van der Waals surface area contributed by atoms with Crippen LogP contribution in [0, 0.1) is 0 Å². The fourth-order valence-corrected chi connectivity index (χ4v) is 1.38. The third kappa shape index (κ3) is 1.01. The number of aryl methyl sites for hydroxylation is 1. The van der Waals surface area contributed by atoms with Crippen molar-refractivity contribution in [1.29, 1.82) is 0 Å². The second-order valence-corrected chi connectivity index (χ2v) is 2.85. The average molecular weight is 159 g/mol. The zero-order valence-electron chi connectivity index (χ0n) is 6.82. The summed E-state index contributed by atoms with van der Waals surface area (Å²) in [4.78, 5) is 0. The van der Waals surface area contributed by atoms with E-state index in [2.05, 4.69) is 0 Å². The van der Waals surface area contributed by atoms with Gasteiger partial charge in [-0.1, -0.05) is 18.2 Å². The first kappa shape index (κ1) is 7.10. The van der Waals surface area contributed by atoms with Crippen molar-refractivity contribution in [2.24, 2.45) is 7.05 Å². The van der Waals surface area contributed by atoms with E-state index in [0.717, 1.165) is 10.9 Å². The summed E-state index contributed by atoms with van der Waals surface area (Å²) in [5.41, 5.74) is 1.08. The van der Waals surface area contributed by atoms with Crippen molar-refractivity contribution in [3.05, 3.63) is 36.5 Å². The van der Waals surface area contributed by atoms with Gasteiger partial charge in [0.05, 0.1) is 0 Å². The Kier molecular flexibility index (Phi) is 1.47. The zero-order chi connectivity index (χ0) is 8.55. The van der Waals surface area contributed by atoms with Gasteiger partial charge in [0, 0.05) is 11.5 Å². The fourth-order valence-electron chi connectivity index (χ4n) is 1.38. The molecular formula is C10H9NO. The van der Waals surface area contributed by atoms with Gasteiger partial charge >= 0.3 is 0 Å². The average Bonchev–Trinajstić information content (AvgIpc) is 2.04. The maximum Gasteiger partial charge on any atom is 0.212 e. The first-order chi connectivity index (χ1) is 5.77. The highest BCUT2D eigenvalue weighted by atomic mass is 16.3. The molecule has 1 heterocycles. The molecule has 1 aromatic carbocycles. The number of hydrogen-bond donors (Lipinski definition) is 0. The molecule has 0 radical (unpaired) electrons. The Labute approximate surface area is 70.7 Å². The summed E-state index contributed by atoms with van der Waals surface area (Å²) in [7, 11) is 1.88. The van der Waals surface area contributed by atoms with Crippen LogP contribution >= 0.6 is 0 Å². The molecule has 0 N–H and O–H groups in total. The third-order valence-electron chi connectivity index (χ3n) is 1.94. The van der Waals surface area contributed by atoms with Crippen molar-refractivity contribution in [1.82, 2.24) is 0 Å². The Hall–Kier alpha value is -1.57. The monoisotopic (exact) mass is 159 g/mol. The number of pyridine rings is 1. The minimum atomic E-state index is 0.0520. The number of fused-ring (bicyclic) bond motifs is 1. The molecule has 2 heteroatoms. The minimum Gasteiger partial charge on any atom is -0.868 e. The minimum absolute atomic E-state index is 0.0520. The second-order valence-electron chi connectivity index (χ2n) is 2.85. The molecule has 0 bridgehead atoms. The van der Waals surface area contributed by atoms with Gasteiger partial charge in [-0.3, -0.25) is 0 Å². The van der Waals surface area contributed by atoms with Crippen LogP contribution in [-0.2, 0) is 7.05 Å². The second kappa shape index (κ2) is 2.48. The molecule has 0 amide bonds. The Morgan fingerprint density at radius 1 is 1.25 bits per heavy atom. The summed E-state index contributed by atoms with van der Waals surface area (Å²) >= 11 is 0. The SMILES string of the molecule is C[n+]1cc([O-])cc2ccccc21. The smallest absolute Gasteiger partial charge is 0.212 e. The van der Waals surface area contributed by atoms with Crippen LogP contribution < -0.4 is 9.67 Å². The van der Waals surface area contributed by atoms with E-state index in [1.54, 1.807) is 12.3 Å². The van der Waals surface area contributed by atoms with Crippen LogP contribution in [0.15, 0.2) is 36.5 Å². The molecule has 2 aromatic rings. The van der Waals surface area contributed by atoms with Crippen LogP contribution in [0.2, 0.25) is 0 Å². The quantitative estimate of drug-likeness (QED) is 0.521. The number of rotatable bonds is 0. The number of hydrogen-bond acceptors (Lipinski definition) is 1. The fraction of sp³-hybridized carbons (Fsp3) is 0.100. The van der Waals surface area contributed by atoms with Gasteiger partial charge in [-0.25, -0.2) is 4.57 Å². The van der Waals surface area contributed by atoms with Gasteiger partial charge in [0.1, 0.15) is 7.05 Å². The van der Waals surface area contributed by atoms with Gasteiger partial charge in [-0.05, 0) is 11.8 Å². The Morgan fingerprint density at radius 2 is 2.00 bits per heavy atom. The van der Waals surface area contributed by atoms with Crippen LogP contribution in [0.4, 0.5) is 0 Å². The molecule has 0 spiro atoms. The summed E-state index contributed by atoms with van der Waals surface area (Å²) in [6.45, 7) is 0. The molecule has 0 saturated heterocycles. The number of benzene rings is 1. The highest BCUT2D eigenvalue weighted by Crippen LogP contribution is 2.12. The maximum absolute atomic E-state index is 11.1. The van der Waals surface area contributed by atoms with Gasteiger partial charge in [0.25, 0.3) is 0 Å². The Bertz CT molecular complexity index is 423. The maximum atomic E-state index is 11.1. The molecule has 0 aliphatic rings. The van der Waals surface area contributed by atoms with E-state index in [4.69, 9.17) is 0 Å². The summed E-state index contributed by atoms with van der Waals surface area (Å²) in [5.74, 6) is 0.0520. The summed E-state index contributed by atoms with van der Waals surface area (Å²) in [6, 6.07) is 9.48. The van der Waals surface area contributed by atoms with Crippen molar-refractivity contribution in [3.63, 3.8) is 0 Å². The highest BCUT2D eigenvalue weighted by molar-refractivity contribution is 5.76. The summed E-state index contributed by atoms with van der Waals surface area (Å²) < 4.78 is 1.84.